The van der Waals surface area contributed by atoms with Gasteiger partial charge in [0, 0.05) is 5.39 Å². The van der Waals surface area contributed by atoms with Crippen LogP contribution in [0.5, 0.6) is 0 Å². The van der Waals surface area contributed by atoms with Gasteiger partial charge in [-0.25, -0.2) is 14.8 Å². The minimum atomic E-state index is -0.435. The maximum absolute atomic E-state index is 11.3. The average Bonchev–Trinajstić information content (AvgIpc) is 2.27. The monoisotopic (exact) mass is 237 g/mol. The zero-order valence-corrected chi connectivity index (χ0v) is 9.15. The van der Waals surface area contributed by atoms with Crippen molar-refractivity contribution >= 4 is 34.3 Å². The Kier molecular flexibility index (Phi) is 2.62. The Morgan fingerprint density at radius 1 is 1.44 bits per heavy atom. The highest BCUT2D eigenvalue weighted by molar-refractivity contribution is 6.28. The molecule has 5 nitrogen and oxygen atoms in total. The maximum Gasteiger partial charge on any atom is 0.337 e. The number of nitrogens with two attached hydrogens (primary N) is 1. The van der Waals surface area contributed by atoms with Gasteiger partial charge in [-0.15, -0.1) is 0 Å². The molecule has 16 heavy (non-hydrogen) atoms. The van der Waals surface area contributed by atoms with Crippen molar-refractivity contribution in [3.63, 3.8) is 0 Å². The number of carbonyl (C=O) groups excluding carboxylic acids is 1. The number of methoxy groups -OCH3 is 1. The second kappa shape index (κ2) is 3.94. The van der Waals surface area contributed by atoms with Crippen LogP contribution in [0.2, 0.25) is 5.28 Å². The molecule has 0 aliphatic heterocycles. The molecule has 2 N–H and O–H groups in total. The molecule has 0 aliphatic carbocycles. The van der Waals surface area contributed by atoms with E-state index < -0.39 is 5.97 Å². The van der Waals surface area contributed by atoms with E-state index in [0.717, 1.165) is 0 Å². The van der Waals surface area contributed by atoms with E-state index in [4.69, 9.17) is 17.3 Å². The fraction of sp³-hybridized carbons (Fsp3) is 0.100. The minimum Gasteiger partial charge on any atom is -0.465 e. The van der Waals surface area contributed by atoms with E-state index in [0.29, 0.717) is 16.5 Å². The van der Waals surface area contributed by atoms with Crippen molar-refractivity contribution in [2.24, 2.45) is 0 Å². The Bertz CT molecular complexity index is 571. The number of halogens is 1. The molecule has 0 aliphatic rings. The SMILES string of the molecule is COC(=O)c1ccc2c(N)nc(Cl)nc2c1. The van der Waals surface area contributed by atoms with Gasteiger partial charge < -0.3 is 10.5 Å². The molecule has 82 valence electrons. The van der Waals surface area contributed by atoms with E-state index in [-0.39, 0.29) is 11.1 Å². The van der Waals surface area contributed by atoms with Gasteiger partial charge in [-0.3, -0.25) is 0 Å². The second-order valence-corrected chi connectivity index (χ2v) is 3.44. The van der Waals surface area contributed by atoms with Gasteiger partial charge in [-0.1, -0.05) is 0 Å². The topological polar surface area (TPSA) is 78.1 Å². The first-order valence-corrected chi connectivity index (χ1v) is 4.80. The van der Waals surface area contributed by atoms with Crippen molar-refractivity contribution in [2.45, 2.75) is 0 Å². The summed E-state index contributed by atoms with van der Waals surface area (Å²) in [5.41, 5.74) is 6.57. The first-order valence-electron chi connectivity index (χ1n) is 4.43. The third kappa shape index (κ3) is 1.77. The van der Waals surface area contributed by atoms with Crippen LogP contribution < -0.4 is 5.73 Å². The van der Waals surface area contributed by atoms with Crippen LogP contribution in [0.4, 0.5) is 5.82 Å². The number of fused-ring (bicyclic) bond motifs is 1. The first-order chi connectivity index (χ1) is 7.61. The Labute approximate surface area is 96.2 Å². The van der Waals surface area contributed by atoms with Crippen molar-refractivity contribution in [1.29, 1.82) is 0 Å². The number of aromatic nitrogens is 2. The van der Waals surface area contributed by atoms with Crippen LogP contribution in [0.15, 0.2) is 18.2 Å². The van der Waals surface area contributed by atoms with Crippen LogP contribution in [0.3, 0.4) is 0 Å². The highest BCUT2D eigenvalue weighted by Gasteiger charge is 2.09. The molecule has 1 aromatic heterocycles. The van der Waals surface area contributed by atoms with E-state index in [1.54, 1.807) is 18.2 Å². The van der Waals surface area contributed by atoms with Crippen molar-refractivity contribution in [1.82, 2.24) is 9.97 Å². The predicted octanol–water partition coefficient (Wildman–Crippen LogP) is 1.65. The summed E-state index contributed by atoms with van der Waals surface area (Å²) < 4.78 is 4.60. The smallest absolute Gasteiger partial charge is 0.337 e. The number of esters is 1. The van der Waals surface area contributed by atoms with Crippen molar-refractivity contribution in [2.75, 3.05) is 12.8 Å². The summed E-state index contributed by atoms with van der Waals surface area (Å²) in [6, 6.07) is 4.82. The number of rotatable bonds is 1. The molecule has 0 spiro atoms. The summed E-state index contributed by atoms with van der Waals surface area (Å²) >= 11 is 5.67. The Morgan fingerprint density at radius 3 is 2.88 bits per heavy atom. The van der Waals surface area contributed by atoms with Crippen LogP contribution in [0, 0.1) is 0 Å². The number of nitrogen functional groups attached to an aromatic ring is 1. The van der Waals surface area contributed by atoms with Crippen molar-refractivity contribution in [3.05, 3.63) is 29.0 Å². The number of ether oxygens (including phenoxy) is 1. The molecular weight excluding hydrogens is 230 g/mol. The molecule has 0 fully saturated rings. The average molecular weight is 238 g/mol. The number of benzene rings is 1. The molecule has 0 saturated carbocycles. The molecule has 0 bridgehead atoms. The summed E-state index contributed by atoms with van der Waals surface area (Å²) in [6.07, 6.45) is 0. The molecule has 2 rings (SSSR count). The van der Waals surface area contributed by atoms with Crippen LogP contribution in [0.1, 0.15) is 10.4 Å². The lowest BCUT2D eigenvalue weighted by Gasteiger charge is -2.03. The molecule has 0 unspecified atom stereocenters. The normalized spacial score (nSPS) is 10.4. The molecule has 6 heteroatoms. The van der Waals surface area contributed by atoms with E-state index in [1.165, 1.54) is 7.11 Å². The molecule has 1 heterocycles. The van der Waals surface area contributed by atoms with Gasteiger partial charge in [-0.05, 0) is 29.8 Å². The van der Waals surface area contributed by atoms with Gasteiger partial charge in [0.1, 0.15) is 5.82 Å². The summed E-state index contributed by atoms with van der Waals surface area (Å²) in [6.45, 7) is 0. The van der Waals surface area contributed by atoms with Gasteiger partial charge in [0.25, 0.3) is 0 Å². The van der Waals surface area contributed by atoms with Gasteiger partial charge >= 0.3 is 5.97 Å². The molecular formula is C10H8ClN3O2. The molecule has 0 amide bonds. The lowest BCUT2D eigenvalue weighted by Crippen LogP contribution is -2.02. The molecule has 1 aromatic carbocycles. The number of hydrogen-bond acceptors (Lipinski definition) is 5. The fourth-order valence-corrected chi connectivity index (χ4v) is 1.55. The third-order valence-electron chi connectivity index (χ3n) is 2.12. The van der Waals surface area contributed by atoms with Gasteiger partial charge in [0.2, 0.25) is 5.28 Å². The summed E-state index contributed by atoms with van der Waals surface area (Å²) in [5, 5.41) is 0.698. The van der Waals surface area contributed by atoms with Gasteiger partial charge in [0.05, 0.1) is 18.2 Å². The van der Waals surface area contributed by atoms with Crippen LogP contribution in [0.25, 0.3) is 10.9 Å². The number of anilines is 1. The van der Waals surface area contributed by atoms with E-state index in [9.17, 15) is 4.79 Å². The lowest BCUT2D eigenvalue weighted by molar-refractivity contribution is 0.0601. The summed E-state index contributed by atoms with van der Waals surface area (Å²) in [7, 11) is 1.31. The first kappa shape index (κ1) is 10.6. The third-order valence-corrected chi connectivity index (χ3v) is 2.29. The zero-order valence-electron chi connectivity index (χ0n) is 8.40. The van der Waals surface area contributed by atoms with Gasteiger partial charge in [-0.2, -0.15) is 0 Å². The Morgan fingerprint density at radius 2 is 2.19 bits per heavy atom. The molecule has 2 aromatic rings. The van der Waals surface area contributed by atoms with Crippen LogP contribution in [-0.4, -0.2) is 23.0 Å². The van der Waals surface area contributed by atoms with E-state index >= 15 is 0 Å². The van der Waals surface area contributed by atoms with Crippen LogP contribution in [-0.2, 0) is 4.74 Å². The maximum atomic E-state index is 11.3. The zero-order chi connectivity index (χ0) is 11.7. The second-order valence-electron chi connectivity index (χ2n) is 3.10. The largest absolute Gasteiger partial charge is 0.465 e. The Hall–Kier alpha value is -1.88. The summed E-state index contributed by atoms with van der Waals surface area (Å²) in [4.78, 5) is 19.1. The van der Waals surface area contributed by atoms with Crippen molar-refractivity contribution in [3.8, 4) is 0 Å². The number of nitrogens with zero attached hydrogens (tertiary/aromatic N) is 2. The standard InChI is InChI=1S/C10H8ClN3O2/c1-16-9(15)5-2-3-6-7(4-5)13-10(11)14-8(6)12/h2-4H,1H3,(H2,12,13,14). The fourth-order valence-electron chi connectivity index (χ4n) is 1.37. The Balaban J connectivity index is 2.66. The summed E-state index contributed by atoms with van der Waals surface area (Å²) in [5.74, 6) is -0.151. The highest BCUT2D eigenvalue weighted by atomic mass is 35.5. The van der Waals surface area contributed by atoms with E-state index in [2.05, 4.69) is 14.7 Å². The number of hydrogen-bond donors (Lipinski definition) is 1. The van der Waals surface area contributed by atoms with Gasteiger partial charge in [0.15, 0.2) is 0 Å². The number of carbonyl (C=O) groups is 1. The lowest BCUT2D eigenvalue weighted by atomic mass is 10.1. The molecule has 0 atom stereocenters. The minimum absolute atomic E-state index is 0.0482. The molecule has 0 saturated heterocycles. The quantitative estimate of drug-likeness (QED) is 0.603. The van der Waals surface area contributed by atoms with Crippen LogP contribution >= 0.6 is 11.6 Å². The molecule has 0 radical (unpaired) electrons. The predicted molar refractivity (Wildman–Crippen MR) is 60.3 cm³/mol. The highest BCUT2D eigenvalue weighted by Crippen LogP contribution is 2.21. The van der Waals surface area contributed by atoms with E-state index in [1.807, 2.05) is 0 Å². The van der Waals surface area contributed by atoms with Crippen molar-refractivity contribution < 1.29 is 9.53 Å².